The number of carbonyl (C=O) groups is 2. The molecule has 1 saturated heterocycles. The minimum absolute atomic E-state index is 0.0525. The summed E-state index contributed by atoms with van der Waals surface area (Å²) in [5.74, 6) is -0.338. The van der Waals surface area contributed by atoms with Gasteiger partial charge in [-0.25, -0.2) is 0 Å². The van der Waals surface area contributed by atoms with Crippen molar-refractivity contribution in [2.75, 3.05) is 19.7 Å². The second-order valence-electron chi connectivity index (χ2n) is 5.78. The van der Waals surface area contributed by atoms with E-state index in [-0.39, 0.29) is 24.3 Å². The Kier molecular flexibility index (Phi) is 5.95. The molecular weight excluding hydrogens is 280 g/mol. The lowest BCUT2D eigenvalue weighted by atomic mass is 10.0. The molecule has 120 valence electrons. The third kappa shape index (κ3) is 4.31. The molecule has 1 aliphatic heterocycles. The first-order valence-electron chi connectivity index (χ1n) is 7.94. The van der Waals surface area contributed by atoms with Gasteiger partial charge in [-0.15, -0.1) is 0 Å². The molecule has 1 fully saturated rings. The van der Waals surface area contributed by atoms with Crippen molar-refractivity contribution in [2.24, 2.45) is 0 Å². The number of amides is 1. The standard InChI is InChI=1S/C17H24N2O3/c1-3-10-22-16(20)11-15-17(21)18-8-9-19(15)12-14-7-5-4-6-13(14)2/h4-7,15H,3,8-12H2,1-2H3,(H,18,21)/p+1/t15-/m1/s1. The summed E-state index contributed by atoms with van der Waals surface area (Å²) in [5.41, 5.74) is 2.44. The van der Waals surface area contributed by atoms with E-state index in [0.717, 1.165) is 24.4 Å². The van der Waals surface area contributed by atoms with Gasteiger partial charge < -0.3 is 15.0 Å². The summed E-state index contributed by atoms with van der Waals surface area (Å²) < 4.78 is 5.13. The first-order valence-corrected chi connectivity index (χ1v) is 7.94. The zero-order chi connectivity index (χ0) is 15.9. The number of nitrogens with one attached hydrogen (secondary N) is 2. The van der Waals surface area contributed by atoms with Gasteiger partial charge in [-0.1, -0.05) is 31.2 Å². The van der Waals surface area contributed by atoms with E-state index in [0.29, 0.717) is 13.2 Å². The van der Waals surface area contributed by atoms with E-state index in [1.807, 2.05) is 19.1 Å². The molecule has 1 aromatic rings. The summed E-state index contributed by atoms with van der Waals surface area (Å²) in [6.45, 7) is 6.68. The van der Waals surface area contributed by atoms with Crippen molar-refractivity contribution in [2.45, 2.75) is 39.3 Å². The fraction of sp³-hybridized carbons (Fsp3) is 0.529. The predicted molar refractivity (Wildman–Crippen MR) is 83.4 cm³/mol. The molecule has 5 heteroatoms. The predicted octanol–water partition coefficient (Wildman–Crippen LogP) is 0.222. The van der Waals surface area contributed by atoms with Crippen LogP contribution in [0.15, 0.2) is 24.3 Å². The zero-order valence-corrected chi connectivity index (χ0v) is 13.4. The SMILES string of the molecule is CCCOC(=O)C[C@@H]1C(=O)NCC[NH+]1Cc1ccccc1C. The van der Waals surface area contributed by atoms with Crippen LogP contribution in [0, 0.1) is 6.92 Å². The topological polar surface area (TPSA) is 59.8 Å². The third-order valence-electron chi connectivity index (χ3n) is 4.07. The molecule has 1 aliphatic rings. The van der Waals surface area contributed by atoms with Crippen molar-refractivity contribution < 1.29 is 19.2 Å². The van der Waals surface area contributed by atoms with Gasteiger partial charge in [0.1, 0.15) is 13.0 Å². The number of ether oxygens (including phenoxy) is 1. The van der Waals surface area contributed by atoms with E-state index >= 15 is 0 Å². The molecule has 0 radical (unpaired) electrons. The molecule has 1 aromatic carbocycles. The zero-order valence-electron chi connectivity index (χ0n) is 13.4. The van der Waals surface area contributed by atoms with Gasteiger partial charge in [-0.2, -0.15) is 0 Å². The van der Waals surface area contributed by atoms with Gasteiger partial charge in [0.05, 0.1) is 19.7 Å². The Labute approximate surface area is 131 Å². The molecule has 2 N–H and O–H groups in total. The molecule has 1 heterocycles. The average Bonchev–Trinajstić information content (AvgIpc) is 2.51. The quantitative estimate of drug-likeness (QED) is 0.739. The van der Waals surface area contributed by atoms with E-state index in [4.69, 9.17) is 4.74 Å². The van der Waals surface area contributed by atoms with Crippen molar-refractivity contribution in [1.82, 2.24) is 5.32 Å². The second kappa shape index (κ2) is 7.94. The van der Waals surface area contributed by atoms with Gasteiger partial charge >= 0.3 is 5.97 Å². The maximum atomic E-state index is 12.1. The van der Waals surface area contributed by atoms with Crippen LogP contribution in [0.25, 0.3) is 0 Å². The van der Waals surface area contributed by atoms with Crippen LogP contribution in [0.4, 0.5) is 0 Å². The number of piperazine rings is 1. The number of quaternary nitrogens is 1. The van der Waals surface area contributed by atoms with Gasteiger partial charge in [-0.05, 0) is 18.9 Å². The summed E-state index contributed by atoms with van der Waals surface area (Å²) in [6.07, 6.45) is 0.940. The van der Waals surface area contributed by atoms with Crippen LogP contribution in [-0.2, 0) is 20.9 Å². The second-order valence-corrected chi connectivity index (χ2v) is 5.78. The van der Waals surface area contributed by atoms with Crippen LogP contribution in [0.1, 0.15) is 30.9 Å². The lowest BCUT2D eigenvalue weighted by Gasteiger charge is -2.31. The van der Waals surface area contributed by atoms with Crippen LogP contribution in [0.2, 0.25) is 0 Å². The minimum atomic E-state index is -0.363. The number of esters is 1. The Hall–Kier alpha value is -1.88. The number of benzene rings is 1. The Balaban J connectivity index is 2.05. The monoisotopic (exact) mass is 305 g/mol. The third-order valence-corrected chi connectivity index (χ3v) is 4.07. The summed E-state index contributed by atoms with van der Waals surface area (Å²) in [5, 5.41) is 2.86. The molecule has 0 saturated carbocycles. The Morgan fingerprint density at radius 1 is 1.41 bits per heavy atom. The highest BCUT2D eigenvalue weighted by Crippen LogP contribution is 2.06. The molecule has 0 aromatic heterocycles. The van der Waals surface area contributed by atoms with E-state index in [2.05, 4.69) is 24.4 Å². The molecule has 0 aliphatic carbocycles. The largest absolute Gasteiger partial charge is 0.466 e. The maximum Gasteiger partial charge on any atom is 0.312 e. The summed E-state index contributed by atoms with van der Waals surface area (Å²) >= 11 is 0. The number of hydrogen-bond acceptors (Lipinski definition) is 3. The number of rotatable bonds is 6. The lowest BCUT2D eigenvalue weighted by Crippen LogP contribution is -3.18. The van der Waals surface area contributed by atoms with Gasteiger partial charge in [0, 0.05) is 5.56 Å². The lowest BCUT2D eigenvalue weighted by molar-refractivity contribution is -0.930. The molecule has 1 amide bonds. The normalized spacial score (nSPS) is 21.3. The van der Waals surface area contributed by atoms with E-state index in [1.54, 1.807) is 0 Å². The summed E-state index contributed by atoms with van der Waals surface area (Å²) in [7, 11) is 0. The van der Waals surface area contributed by atoms with Crippen LogP contribution >= 0.6 is 0 Å². The smallest absolute Gasteiger partial charge is 0.312 e. The highest BCUT2D eigenvalue weighted by molar-refractivity contribution is 5.85. The molecule has 2 atom stereocenters. The number of carbonyl (C=O) groups excluding carboxylic acids is 2. The Bertz CT molecular complexity index is 530. The van der Waals surface area contributed by atoms with Crippen molar-refractivity contribution in [3.63, 3.8) is 0 Å². The molecule has 0 bridgehead atoms. The van der Waals surface area contributed by atoms with Crippen molar-refractivity contribution in [3.8, 4) is 0 Å². The Morgan fingerprint density at radius 2 is 2.18 bits per heavy atom. The van der Waals surface area contributed by atoms with Crippen LogP contribution in [0.5, 0.6) is 0 Å². The highest BCUT2D eigenvalue weighted by atomic mass is 16.5. The van der Waals surface area contributed by atoms with Crippen molar-refractivity contribution in [1.29, 1.82) is 0 Å². The maximum absolute atomic E-state index is 12.1. The van der Waals surface area contributed by atoms with Crippen molar-refractivity contribution in [3.05, 3.63) is 35.4 Å². The molecule has 22 heavy (non-hydrogen) atoms. The first kappa shape index (κ1) is 16.5. The van der Waals surface area contributed by atoms with Crippen LogP contribution in [-0.4, -0.2) is 37.6 Å². The van der Waals surface area contributed by atoms with E-state index in [9.17, 15) is 9.59 Å². The minimum Gasteiger partial charge on any atom is -0.466 e. The van der Waals surface area contributed by atoms with Gasteiger partial charge in [0.2, 0.25) is 0 Å². The number of hydrogen-bond donors (Lipinski definition) is 2. The van der Waals surface area contributed by atoms with Gasteiger partial charge in [0.25, 0.3) is 5.91 Å². The van der Waals surface area contributed by atoms with E-state index < -0.39 is 0 Å². The molecule has 5 nitrogen and oxygen atoms in total. The molecule has 0 spiro atoms. The molecule has 1 unspecified atom stereocenters. The highest BCUT2D eigenvalue weighted by Gasteiger charge is 2.35. The molecule has 2 rings (SSSR count). The average molecular weight is 305 g/mol. The fourth-order valence-corrected chi connectivity index (χ4v) is 2.77. The van der Waals surface area contributed by atoms with Gasteiger partial charge in [-0.3, -0.25) is 9.59 Å². The van der Waals surface area contributed by atoms with Crippen LogP contribution in [0.3, 0.4) is 0 Å². The van der Waals surface area contributed by atoms with Gasteiger partial charge in [0.15, 0.2) is 6.04 Å². The summed E-state index contributed by atoms with van der Waals surface area (Å²) in [4.78, 5) is 25.1. The first-order chi connectivity index (χ1) is 10.6. The number of aryl methyl sites for hydroxylation is 1. The summed E-state index contributed by atoms with van der Waals surface area (Å²) in [6, 6.07) is 7.81. The van der Waals surface area contributed by atoms with Crippen molar-refractivity contribution >= 4 is 11.9 Å². The van der Waals surface area contributed by atoms with Crippen LogP contribution < -0.4 is 10.2 Å². The Morgan fingerprint density at radius 3 is 2.91 bits per heavy atom. The van der Waals surface area contributed by atoms with E-state index in [1.165, 1.54) is 11.1 Å². The molecular formula is C17H25N2O3+. The fourth-order valence-electron chi connectivity index (χ4n) is 2.77.